The number of rotatable bonds is 3. The van der Waals surface area contributed by atoms with E-state index < -0.39 is 0 Å². The fourth-order valence-corrected chi connectivity index (χ4v) is 2.81. The molecule has 1 atom stereocenters. The maximum atomic E-state index is 12.1. The highest BCUT2D eigenvalue weighted by molar-refractivity contribution is 7.80. The first-order valence-electron chi connectivity index (χ1n) is 6.71. The van der Waals surface area contributed by atoms with Crippen LogP contribution in [0.15, 0.2) is 24.3 Å². The topological polar surface area (TPSA) is 61.9 Å². The van der Waals surface area contributed by atoms with Crippen molar-refractivity contribution in [3.05, 3.63) is 29.8 Å². The number of thiocarbonyl (C=S) groups is 1. The zero-order valence-corrected chi connectivity index (χ0v) is 12.4. The van der Waals surface area contributed by atoms with Gasteiger partial charge in [-0.15, -0.1) is 0 Å². The second-order valence-corrected chi connectivity index (χ2v) is 5.44. The van der Waals surface area contributed by atoms with Gasteiger partial charge >= 0.3 is 6.09 Å². The Balaban J connectivity index is 1.81. The second kappa shape index (κ2) is 5.33. The lowest BCUT2D eigenvalue weighted by atomic mass is 10.1. The van der Waals surface area contributed by atoms with E-state index in [9.17, 15) is 9.59 Å². The fourth-order valence-electron chi connectivity index (χ4n) is 2.43. The summed E-state index contributed by atoms with van der Waals surface area (Å²) in [6.45, 7) is 3.25. The Hall–Kier alpha value is -2.15. The van der Waals surface area contributed by atoms with Gasteiger partial charge in [-0.3, -0.25) is 9.69 Å². The predicted octanol–water partition coefficient (Wildman–Crippen LogP) is 1.25. The monoisotopic (exact) mass is 305 g/mol. The molecule has 2 aliphatic rings. The molecule has 1 aromatic rings. The number of nitrogens with zero attached hydrogens (tertiary/aromatic N) is 2. The summed E-state index contributed by atoms with van der Waals surface area (Å²) in [5, 5.41) is 3.35. The van der Waals surface area contributed by atoms with Crippen LogP contribution < -0.4 is 10.2 Å². The number of cyclic esters (lactones) is 1. The van der Waals surface area contributed by atoms with Crippen LogP contribution in [0.4, 0.5) is 10.5 Å². The maximum Gasteiger partial charge on any atom is 0.410 e. The van der Waals surface area contributed by atoms with Crippen molar-refractivity contribution in [2.24, 2.45) is 0 Å². The van der Waals surface area contributed by atoms with Gasteiger partial charge in [0.1, 0.15) is 12.6 Å². The number of ether oxygens (including phenoxy) is 1. The highest BCUT2D eigenvalue weighted by Crippen LogP contribution is 2.22. The Bertz CT molecular complexity index is 619. The van der Waals surface area contributed by atoms with E-state index in [0.717, 1.165) is 5.56 Å². The van der Waals surface area contributed by atoms with E-state index in [1.165, 1.54) is 4.90 Å². The van der Waals surface area contributed by atoms with Gasteiger partial charge in [-0.05, 0) is 36.8 Å². The van der Waals surface area contributed by atoms with Gasteiger partial charge in [-0.25, -0.2) is 4.79 Å². The molecule has 2 saturated heterocycles. The van der Waals surface area contributed by atoms with Gasteiger partial charge in [0.2, 0.25) is 0 Å². The van der Waals surface area contributed by atoms with Gasteiger partial charge in [-0.2, -0.15) is 0 Å². The summed E-state index contributed by atoms with van der Waals surface area (Å²) in [5.74, 6) is -0.0715. The molecule has 2 amide bonds. The lowest BCUT2D eigenvalue weighted by Crippen LogP contribution is -2.31. The first kappa shape index (κ1) is 13.8. The molecule has 110 valence electrons. The minimum Gasteiger partial charge on any atom is -0.448 e. The van der Waals surface area contributed by atoms with Gasteiger partial charge in [0.25, 0.3) is 5.91 Å². The fraction of sp³-hybridized carbons (Fsp3) is 0.357. The van der Waals surface area contributed by atoms with Gasteiger partial charge in [0, 0.05) is 6.54 Å². The number of nitrogens with one attached hydrogen (secondary N) is 1. The van der Waals surface area contributed by atoms with Crippen LogP contribution in [0.25, 0.3) is 0 Å². The summed E-state index contributed by atoms with van der Waals surface area (Å²) in [6, 6.07) is 7.15. The number of benzene rings is 1. The zero-order chi connectivity index (χ0) is 15.0. The Morgan fingerprint density at radius 1 is 1.43 bits per heavy atom. The summed E-state index contributed by atoms with van der Waals surface area (Å²) in [4.78, 5) is 26.7. The van der Waals surface area contributed by atoms with E-state index in [1.54, 1.807) is 11.8 Å². The molecule has 2 heterocycles. The molecule has 0 spiro atoms. The van der Waals surface area contributed by atoms with Crippen LogP contribution in [0.2, 0.25) is 0 Å². The Morgan fingerprint density at radius 2 is 2.24 bits per heavy atom. The van der Waals surface area contributed by atoms with E-state index in [2.05, 4.69) is 5.32 Å². The van der Waals surface area contributed by atoms with Crippen LogP contribution in [-0.2, 0) is 16.1 Å². The van der Waals surface area contributed by atoms with Crippen molar-refractivity contribution in [1.82, 2.24) is 10.2 Å². The third-order valence-corrected chi connectivity index (χ3v) is 3.82. The molecule has 2 aliphatic heterocycles. The summed E-state index contributed by atoms with van der Waals surface area (Å²) in [6.07, 6.45) is -0.302. The first-order chi connectivity index (χ1) is 10.1. The highest BCUT2D eigenvalue weighted by Gasteiger charge is 2.33. The highest BCUT2D eigenvalue weighted by atomic mass is 32.1. The number of amides is 2. The van der Waals surface area contributed by atoms with E-state index >= 15 is 0 Å². The van der Waals surface area contributed by atoms with Gasteiger partial charge in [-0.1, -0.05) is 12.1 Å². The van der Waals surface area contributed by atoms with Crippen molar-refractivity contribution in [2.45, 2.75) is 19.5 Å². The molecule has 7 heteroatoms. The predicted molar refractivity (Wildman–Crippen MR) is 80.9 cm³/mol. The molecular formula is C14H15N3O3S. The summed E-state index contributed by atoms with van der Waals surface area (Å²) < 4.78 is 4.91. The molecule has 1 aromatic carbocycles. The summed E-state index contributed by atoms with van der Waals surface area (Å²) >= 11 is 5.19. The quantitative estimate of drug-likeness (QED) is 0.852. The lowest BCUT2D eigenvalue weighted by molar-refractivity contribution is -0.117. The Morgan fingerprint density at radius 3 is 2.86 bits per heavy atom. The molecule has 1 unspecified atom stereocenters. The minimum atomic E-state index is -0.310. The van der Waals surface area contributed by atoms with Gasteiger partial charge in [0.15, 0.2) is 5.11 Å². The first-order valence-corrected chi connectivity index (χ1v) is 7.12. The average Bonchev–Trinajstić information content (AvgIpc) is 2.95. The molecule has 0 radical (unpaired) electrons. The molecule has 1 N–H and O–H groups in total. The van der Waals surface area contributed by atoms with Crippen LogP contribution in [0.5, 0.6) is 0 Å². The molecule has 0 aliphatic carbocycles. The van der Waals surface area contributed by atoms with Crippen LogP contribution in [0.3, 0.4) is 0 Å². The summed E-state index contributed by atoms with van der Waals surface area (Å²) in [5.41, 5.74) is 1.65. The lowest BCUT2D eigenvalue weighted by Gasteiger charge is -2.17. The van der Waals surface area contributed by atoms with Crippen molar-refractivity contribution in [3.63, 3.8) is 0 Å². The van der Waals surface area contributed by atoms with E-state index in [4.69, 9.17) is 17.0 Å². The molecule has 0 saturated carbocycles. The Labute approximate surface area is 127 Å². The van der Waals surface area contributed by atoms with E-state index in [-0.39, 0.29) is 18.0 Å². The number of carbonyl (C=O) groups is 2. The van der Waals surface area contributed by atoms with Crippen molar-refractivity contribution in [2.75, 3.05) is 18.1 Å². The third-order valence-electron chi connectivity index (χ3n) is 3.52. The van der Waals surface area contributed by atoms with Gasteiger partial charge in [0.05, 0.1) is 12.2 Å². The second-order valence-electron chi connectivity index (χ2n) is 5.05. The largest absolute Gasteiger partial charge is 0.448 e. The van der Waals surface area contributed by atoms with Crippen molar-refractivity contribution < 1.29 is 14.3 Å². The zero-order valence-electron chi connectivity index (χ0n) is 11.5. The molecule has 6 nitrogen and oxygen atoms in total. The van der Waals surface area contributed by atoms with E-state index in [1.807, 2.05) is 24.3 Å². The number of carbonyl (C=O) groups excluding carboxylic acids is 2. The van der Waals surface area contributed by atoms with Crippen LogP contribution in [0, 0.1) is 0 Å². The Kier molecular flexibility index (Phi) is 3.50. The van der Waals surface area contributed by atoms with Crippen LogP contribution in [0.1, 0.15) is 12.5 Å². The number of hydrogen-bond acceptors (Lipinski definition) is 4. The number of anilines is 1. The maximum absolute atomic E-state index is 12.1. The van der Waals surface area contributed by atoms with E-state index in [0.29, 0.717) is 30.5 Å². The SMILES string of the molecule is CC1NC(=S)N(c2cccc(CN3CCOC3=O)c2)C1=O. The van der Waals surface area contributed by atoms with Crippen molar-refractivity contribution in [3.8, 4) is 0 Å². The molecule has 0 aromatic heterocycles. The average molecular weight is 305 g/mol. The molecule has 21 heavy (non-hydrogen) atoms. The normalized spacial score (nSPS) is 21.8. The molecule has 2 fully saturated rings. The van der Waals surface area contributed by atoms with Crippen LogP contribution >= 0.6 is 12.2 Å². The summed E-state index contributed by atoms with van der Waals surface area (Å²) in [7, 11) is 0. The molecule has 3 rings (SSSR count). The molecular weight excluding hydrogens is 290 g/mol. The molecule has 0 bridgehead atoms. The van der Waals surface area contributed by atoms with Crippen LogP contribution in [-0.4, -0.2) is 41.2 Å². The minimum absolute atomic E-state index is 0.0715. The van der Waals surface area contributed by atoms with Gasteiger partial charge < -0.3 is 15.0 Å². The third kappa shape index (κ3) is 2.56. The number of hydrogen-bond donors (Lipinski definition) is 1. The smallest absolute Gasteiger partial charge is 0.410 e. The van der Waals surface area contributed by atoms with Crippen molar-refractivity contribution >= 4 is 35.0 Å². The van der Waals surface area contributed by atoms with Crippen molar-refractivity contribution in [1.29, 1.82) is 0 Å². The standard InChI is InChI=1S/C14H15N3O3S/c1-9-12(18)17(13(21)15-9)11-4-2-3-10(7-11)8-16-5-6-20-14(16)19/h2-4,7,9H,5-6,8H2,1H3,(H,15,21).